The highest BCUT2D eigenvalue weighted by Gasteiger charge is 2.38. The first-order chi connectivity index (χ1) is 10.5. The molecular formula is C16H17NO3S2. The van der Waals surface area contributed by atoms with E-state index in [-0.39, 0.29) is 16.7 Å². The van der Waals surface area contributed by atoms with Crippen LogP contribution in [0.25, 0.3) is 0 Å². The third-order valence-corrected chi connectivity index (χ3v) is 6.38. The van der Waals surface area contributed by atoms with Crippen molar-refractivity contribution in [3.05, 3.63) is 52.2 Å². The van der Waals surface area contributed by atoms with Crippen LogP contribution in [0.4, 0.5) is 0 Å². The largest absolute Gasteiger partial charge is 0.295 e. The first-order valence-corrected chi connectivity index (χ1v) is 9.50. The van der Waals surface area contributed by atoms with Gasteiger partial charge in [-0.3, -0.25) is 4.79 Å². The first kappa shape index (κ1) is 15.4. The first-order valence-electron chi connectivity index (χ1n) is 7.12. The van der Waals surface area contributed by atoms with E-state index in [0.717, 1.165) is 18.4 Å². The number of sulfonamides is 1. The normalized spacial score (nSPS) is 15.2. The summed E-state index contributed by atoms with van der Waals surface area (Å²) in [6.45, 7) is 1.88. The number of nitrogens with zero attached hydrogens (tertiary/aromatic N) is 1. The van der Waals surface area contributed by atoms with E-state index in [4.69, 9.17) is 0 Å². The average molecular weight is 335 g/mol. The van der Waals surface area contributed by atoms with Gasteiger partial charge >= 0.3 is 0 Å². The van der Waals surface area contributed by atoms with Crippen LogP contribution >= 0.6 is 11.3 Å². The maximum Gasteiger partial charge on any atom is 0.243 e. The van der Waals surface area contributed by atoms with Gasteiger partial charge in [0, 0.05) is 18.2 Å². The molecule has 0 radical (unpaired) electrons. The van der Waals surface area contributed by atoms with E-state index < -0.39 is 10.0 Å². The molecule has 1 heterocycles. The Morgan fingerprint density at radius 2 is 1.91 bits per heavy atom. The van der Waals surface area contributed by atoms with E-state index >= 15 is 0 Å². The number of Topliss-reactive ketones (excluding diaryl/α,β-unsaturated/α-hetero) is 1. The summed E-state index contributed by atoms with van der Waals surface area (Å²) >= 11 is 1.57. The second-order valence-electron chi connectivity index (χ2n) is 5.49. The molecule has 0 aliphatic heterocycles. The molecule has 2 aromatic rings. The molecule has 116 valence electrons. The Morgan fingerprint density at radius 3 is 2.41 bits per heavy atom. The Morgan fingerprint density at radius 1 is 1.23 bits per heavy atom. The fourth-order valence-electron chi connectivity index (χ4n) is 2.33. The highest BCUT2D eigenvalue weighted by Crippen LogP contribution is 2.33. The van der Waals surface area contributed by atoms with E-state index in [1.54, 1.807) is 27.8 Å². The number of thiophene rings is 1. The maximum atomic E-state index is 12.9. The van der Waals surface area contributed by atoms with Crippen molar-refractivity contribution in [3.63, 3.8) is 0 Å². The Bertz CT molecular complexity index is 760. The second-order valence-corrected chi connectivity index (χ2v) is 8.16. The number of hydrogen-bond donors (Lipinski definition) is 0. The Balaban J connectivity index is 1.90. The summed E-state index contributed by atoms with van der Waals surface area (Å²) < 4.78 is 27.3. The molecule has 1 aromatic heterocycles. The summed E-state index contributed by atoms with van der Waals surface area (Å²) in [4.78, 5) is 11.6. The molecule has 1 aliphatic carbocycles. The molecule has 0 N–H and O–H groups in total. The lowest BCUT2D eigenvalue weighted by Gasteiger charge is -2.21. The van der Waals surface area contributed by atoms with Crippen LogP contribution in [-0.2, 0) is 16.6 Å². The van der Waals surface area contributed by atoms with Crippen molar-refractivity contribution < 1.29 is 13.2 Å². The summed E-state index contributed by atoms with van der Waals surface area (Å²) in [5, 5.41) is 3.93. The van der Waals surface area contributed by atoms with Crippen LogP contribution in [0.2, 0.25) is 0 Å². The lowest BCUT2D eigenvalue weighted by Crippen LogP contribution is -2.32. The average Bonchev–Trinajstić information content (AvgIpc) is 3.20. The monoisotopic (exact) mass is 335 g/mol. The zero-order valence-corrected chi connectivity index (χ0v) is 13.9. The van der Waals surface area contributed by atoms with Crippen molar-refractivity contribution in [1.82, 2.24) is 4.31 Å². The van der Waals surface area contributed by atoms with E-state index in [1.807, 2.05) is 16.8 Å². The lowest BCUT2D eigenvalue weighted by molar-refractivity contribution is 0.101. The number of hydrogen-bond acceptors (Lipinski definition) is 4. The van der Waals surface area contributed by atoms with Crippen molar-refractivity contribution in [2.75, 3.05) is 0 Å². The van der Waals surface area contributed by atoms with Crippen LogP contribution in [0.3, 0.4) is 0 Å². The maximum absolute atomic E-state index is 12.9. The molecule has 0 atom stereocenters. The molecule has 0 amide bonds. The topological polar surface area (TPSA) is 54.5 Å². The predicted octanol–water partition coefficient (Wildman–Crippen LogP) is 3.30. The van der Waals surface area contributed by atoms with Crippen molar-refractivity contribution in [3.8, 4) is 0 Å². The van der Waals surface area contributed by atoms with Crippen molar-refractivity contribution in [2.45, 2.75) is 37.2 Å². The molecule has 1 fully saturated rings. The van der Waals surface area contributed by atoms with Crippen LogP contribution < -0.4 is 0 Å². The standard InChI is InChI=1S/C16H17NO3S2/c1-12(18)14-2-6-16(7-3-14)22(19,20)17(15-4-5-15)10-13-8-9-21-11-13/h2-3,6-9,11,15H,4-5,10H2,1H3. The van der Waals surface area contributed by atoms with Gasteiger partial charge in [0.05, 0.1) is 4.90 Å². The minimum Gasteiger partial charge on any atom is -0.295 e. The highest BCUT2D eigenvalue weighted by atomic mass is 32.2. The lowest BCUT2D eigenvalue weighted by atomic mass is 10.2. The Kier molecular flexibility index (Phi) is 4.16. The Labute approximate surface area is 134 Å². The molecule has 0 spiro atoms. The predicted molar refractivity (Wildman–Crippen MR) is 86.5 cm³/mol. The van der Waals surface area contributed by atoms with Gasteiger partial charge in [0.2, 0.25) is 10.0 Å². The molecule has 0 unspecified atom stereocenters. The summed E-state index contributed by atoms with van der Waals surface area (Å²) in [6, 6.07) is 8.24. The molecule has 0 saturated heterocycles. The molecule has 22 heavy (non-hydrogen) atoms. The number of benzene rings is 1. The third kappa shape index (κ3) is 3.14. The quantitative estimate of drug-likeness (QED) is 0.761. The van der Waals surface area contributed by atoms with E-state index in [1.165, 1.54) is 19.1 Å². The van der Waals surface area contributed by atoms with Gasteiger partial charge in [-0.2, -0.15) is 15.6 Å². The summed E-state index contributed by atoms with van der Waals surface area (Å²) in [6.07, 6.45) is 1.82. The smallest absolute Gasteiger partial charge is 0.243 e. The number of carbonyl (C=O) groups is 1. The molecule has 6 heteroatoms. The van der Waals surface area contributed by atoms with Gasteiger partial charge in [-0.25, -0.2) is 8.42 Å². The van der Waals surface area contributed by atoms with Gasteiger partial charge in [-0.1, -0.05) is 12.1 Å². The molecular weight excluding hydrogens is 318 g/mol. The van der Waals surface area contributed by atoms with Crippen LogP contribution in [0.5, 0.6) is 0 Å². The molecule has 1 aliphatic rings. The SMILES string of the molecule is CC(=O)c1ccc(S(=O)(=O)N(Cc2ccsc2)C2CC2)cc1. The van der Waals surface area contributed by atoms with Crippen molar-refractivity contribution >= 4 is 27.1 Å². The highest BCUT2D eigenvalue weighted by molar-refractivity contribution is 7.89. The van der Waals surface area contributed by atoms with E-state index in [0.29, 0.717) is 12.1 Å². The molecule has 1 aromatic carbocycles. The number of carbonyl (C=O) groups excluding carboxylic acids is 1. The zero-order chi connectivity index (χ0) is 15.7. The van der Waals surface area contributed by atoms with Crippen molar-refractivity contribution in [1.29, 1.82) is 0 Å². The summed E-state index contributed by atoms with van der Waals surface area (Å²) in [7, 11) is -3.53. The zero-order valence-electron chi connectivity index (χ0n) is 12.2. The number of ketones is 1. The van der Waals surface area contributed by atoms with Gasteiger partial charge in [0.25, 0.3) is 0 Å². The fraction of sp³-hybridized carbons (Fsp3) is 0.312. The summed E-state index contributed by atoms with van der Waals surface area (Å²) in [5.74, 6) is -0.0683. The van der Waals surface area contributed by atoms with Crippen LogP contribution in [-0.4, -0.2) is 24.5 Å². The van der Waals surface area contributed by atoms with E-state index in [2.05, 4.69) is 0 Å². The van der Waals surface area contributed by atoms with Gasteiger partial charge in [0.1, 0.15) is 0 Å². The van der Waals surface area contributed by atoms with Crippen LogP contribution in [0, 0.1) is 0 Å². The van der Waals surface area contributed by atoms with Gasteiger partial charge in [-0.15, -0.1) is 0 Å². The molecule has 3 rings (SSSR count). The summed E-state index contributed by atoms with van der Waals surface area (Å²) in [5.41, 5.74) is 1.54. The number of rotatable bonds is 6. The van der Waals surface area contributed by atoms with Crippen molar-refractivity contribution in [2.24, 2.45) is 0 Å². The second kappa shape index (κ2) is 5.95. The minimum absolute atomic E-state index is 0.0683. The minimum atomic E-state index is -3.53. The molecule has 4 nitrogen and oxygen atoms in total. The molecule has 1 saturated carbocycles. The van der Waals surface area contributed by atoms with Crippen LogP contribution in [0.1, 0.15) is 35.7 Å². The van der Waals surface area contributed by atoms with E-state index in [9.17, 15) is 13.2 Å². The Hall–Kier alpha value is -1.50. The molecule has 0 bridgehead atoms. The van der Waals surface area contributed by atoms with Gasteiger partial charge in [0.15, 0.2) is 5.78 Å². The van der Waals surface area contributed by atoms with Gasteiger partial charge in [-0.05, 0) is 54.3 Å². The third-order valence-electron chi connectivity index (χ3n) is 3.74. The van der Waals surface area contributed by atoms with Crippen LogP contribution in [0.15, 0.2) is 46.0 Å². The van der Waals surface area contributed by atoms with Gasteiger partial charge < -0.3 is 0 Å². The fourth-order valence-corrected chi connectivity index (χ4v) is 4.67.